The number of sulfonamides is 1. The molecule has 4 heterocycles. The zero-order chi connectivity index (χ0) is 30.2. The Morgan fingerprint density at radius 1 is 1.05 bits per heavy atom. The van der Waals surface area contributed by atoms with E-state index in [0.717, 1.165) is 44.4 Å². The highest BCUT2D eigenvalue weighted by Crippen LogP contribution is 2.42. The number of halogens is 1. The lowest BCUT2D eigenvalue weighted by Crippen LogP contribution is -2.42. The number of anilines is 5. The van der Waals surface area contributed by atoms with Gasteiger partial charge in [0, 0.05) is 37.2 Å². The van der Waals surface area contributed by atoms with Gasteiger partial charge in [-0.1, -0.05) is 25.1 Å². The monoisotopic (exact) mass is 606 g/mol. The summed E-state index contributed by atoms with van der Waals surface area (Å²) in [5, 5.41) is 6.40. The summed E-state index contributed by atoms with van der Waals surface area (Å²) in [4.78, 5) is 17.1. The van der Waals surface area contributed by atoms with E-state index in [1.54, 1.807) is 25.3 Å². The van der Waals surface area contributed by atoms with Crippen molar-refractivity contribution in [3.8, 4) is 0 Å². The first-order valence-corrected chi connectivity index (χ1v) is 16.4. The molecule has 2 aromatic heterocycles. The molecule has 4 N–H and O–H groups in total. The Bertz CT molecular complexity index is 1720. The number of fused-ring (bicyclic) bond motifs is 1. The van der Waals surface area contributed by atoms with Crippen LogP contribution in [0.25, 0.3) is 11.0 Å². The van der Waals surface area contributed by atoms with Gasteiger partial charge in [0.15, 0.2) is 0 Å². The Hall–Kier alpha value is -3.74. The Balaban J connectivity index is 1.21. The van der Waals surface area contributed by atoms with Crippen molar-refractivity contribution in [2.24, 2.45) is 5.41 Å². The van der Waals surface area contributed by atoms with Crippen LogP contribution < -0.4 is 20.3 Å². The SMILES string of the molecule is CCN1CCC2(CCN(c3ccc(Nc4nc(Nc5ccccc5C(C)S(=O)(=O)NC)c5cc[nH]c5n4)cc3F)CC2)C1. The molecule has 0 saturated carbocycles. The minimum absolute atomic E-state index is 0.277. The quantitative estimate of drug-likeness (QED) is 0.197. The fraction of sp³-hybridized carbons (Fsp3) is 0.419. The van der Waals surface area contributed by atoms with Crippen LogP contribution in [-0.2, 0) is 10.0 Å². The molecule has 1 atom stereocenters. The van der Waals surface area contributed by atoms with Gasteiger partial charge in [-0.2, -0.15) is 9.97 Å². The zero-order valence-corrected chi connectivity index (χ0v) is 25.6. The summed E-state index contributed by atoms with van der Waals surface area (Å²) in [6, 6.07) is 14.2. The molecule has 2 saturated heterocycles. The second-order valence-electron chi connectivity index (χ2n) is 11.6. The van der Waals surface area contributed by atoms with E-state index in [1.807, 2.05) is 30.3 Å². The molecule has 0 aliphatic carbocycles. The van der Waals surface area contributed by atoms with Crippen molar-refractivity contribution in [1.82, 2.24) is 24.6 Å². The van der Waals surface area contributed by atoms with Gasteiger partial charge in [0.2, 0.25) is 16.0 Å². The van der Waals surface area contributed by atoms with Crippen LogP contribution >= 0.6 is 0 Å². The molecule has 6 rings (SSSR count). The normalized spacial score (nSPS) is 17.9. The smallest absolute Gasteiger partial charge is 0.231 e. The Kier molecular flexibility index (Phi) is 8.01. The Morgan fingerprint density at radius 3 is 2.53 bits per heavy atom. The maximum Gasteiger partial charge on any atom is 0.231 e. The van der Waals surface area contributed by atoms with Gasteiger partial charge >= 0.3 is 0 Å². The second kappa shape index (κ2) is 11.7. The number of nitrogens with one attached hydrogen (secondary N) is 4. The number of aromatic amines is 1. The minimum Gasteiger partial charge on any atom is -0.369 e. The number of piperidine rings is 1. The fourth-order valence-electron chi connectivity index (χ4n) is 6.43. The third-order valence-corrected chi connectivity index (χ3v) is 10.9. The van der Waals surface area contributed by atoms with Crippen LogP contribution in [0, 0.1) is 11.2 Å². The van der Waals surface area contributed by atoms with E-state index in [9.17, 15) is 8.42 Å². The van der Waals surface area contributed by atoms with Gasteiger partial charge in [-0.15, -0.1) is 0 Å². The molecule has 2 fully saturated rings. The van der Waals surface area contributed by atoms with E-state index >= 15 is 4.39 Å². The van der Waals surface area contributed by atoms with E-state index in [1.165, 1.54) is 26.1 Å². The molecule has 1 unspecified atom stereocenters. The van der Waals surface area contributed by atoms with Gasteiger partial charge in [-0.3, -0.25) is 0 Å². The molecule has 12 heteroatoms. The lowest BCUT2D eigenvalue weighted by molar-refractivity contribution is 0.212. The summed E-state index contributed by atoms with van der Waals surface area (Å²) in [6.07, 6.45) is 5.18. The largest absolute Gasteiger partial charge is 0.369 e. The Labute approximate surface area is 252 Å². The summed E-state index contributed by atoms with van der Waals surface area (Å²) in [7, 11) is -2.15. The van der Waals surface area contributed by atoms with Crippen LogP contribution in [0.2, 0.25) is 0 Å². The van der Waals surface area contributed by atoms with E-state index in [4.69, 9.17) is 0 Å². The highest BCUT2D eigenvalue weighted by Gasteiger charge is 2.40. The van der Waals surface area contributed by atoms with Crippen molar-refractivity contribution < 1.29 is 12.8 Å². The number of rotatable bonds is 9. The molecular formula is C31H39FN8O2S. The van der Waals surface area contributed by atoms with E-state index < -0.39 is 15.3 Å². The number of likely N-dealkylation sites (tertiary alicyclic amines) is 1. The molecule has 0 bridgehead atoms. The van der Waals surface area contributed by atoms with Gasteiger partial charge < -0.3 is 25.4 Å². The molecule has 43 heavy (non-hydrogen) atoms. The van der Waals surface area contributed by atoms with E-state index in [0.29, 0.717) is 39.5 Å². The average molecular weight is 607 g/mol. The van der Waals surface area contributed by atoms with Crippen molar-refractivity contribution in [3.05, 3.63) is 66.1 Å². The number of para-hydroxylation sites is 1. The molecule has 0 radical (unpaired) electrons. The van der Waals surface area contributed by atoms with Crippen LogP contribution in [0.5, 0.6) is 0 Å². The molecular weight excluding hydrogens is 567 g/mol. The Morgan fingerprint density at radius 2 is 1.81 bits per heavy atom. The van der Waals surface area contributed by atoms with Crippen molar-refractivity contribution in [1.29, 1.82) is 0 Å². The first kappa shape index (κ1) is 29.3. The predicted molar refractivity (Wildman–Crippen MR) is 170 cm³/mol. The second-order valence-corrected chi connectivity index (χ2v) is 13.8. The number of aromatic nitrogens is 3. The third-order valence-electron chi connectivity index (χ3n) is 9.15. The van der Waals surface area contributed by atoms with Crippen LogP contribution in [0.3, 0.4) is 0 Å². The van der Waals surface area contributed by atoms with Gasteiger partial charge in [0.05, 0.1) is 16.3 Å². The van der Waals surface area contributed by atoms with Gasteiger partial charge in [-0.05, 0) is 87.6 Å². The molecule has 1 spiro atoms. The molecule has 0 amide bonds. The molecule has 2 aliphatic rings. The maximum absolute atomic E-state index is 15.4. The van der Waals surface area contributed by atoms with Gasteiger partial charge in [0.1, 0.15) is 17.3 Å². The van der Waals surface area contributed by atoms with E-state index in [2.05, 4.69) is 47.0 Å². The van der Waals surface area contributed by atoms with Crippen LogP contribution in [0.15, 0.2) is 54.7 Å². The summed E-state index contributed by atoms with van der Waals surface area (Å²) in [5.41, 5.74) is 3.33. The third kappa shape index (κ3) is 5.91. The summed E-state index contributed by atoms with van der Waals surface area (Å²) in [5.74, 6) is 0.485. The van der Waals surface area contributed by atoms with Crippen LogP contribution in [0.1, 0.15) is 43.9 Å². The molecule has 2 aromatic carbocycles. The molecule has 228 valence electrons. The zero-order valence-electron chi connectivity index (χ0n) is 24.8. The minimum atomic E-state index is -3.55. The van der Waals surface area contributed by atoms with Crippen molar-refractivity contribution in [3.63, 3.8) is 0 Å². The highest BCUT2D eigenvalue weighted by atomic mass is 32.2. The standard InChI is InChI=1S/C31H39FN8O2S/c1-4-39-16-12-31(20-39)13-17-40(18-14-31)27-10-9-22(19-25(27)32)35-30-37-28-24(11-15-34-28)29(38-30)36-26-8-6-5-7-23(26)21(2)43(41,42)33-3/h5-11,15,19,21,33H,4,12-14,16-18,20H2,1-3H3,(H3,34,35,36,37,38). The van der Waals surface area contributed by atoms with Crippen molar-refractivity contribution >= 4 is 49.9 Å². The summed E-state index contributed by atoms with van der Waals surface area (Å²) >= 11 is 0. The van der Waals surface area contributed by atoms with E-state index in [-0.39, 0.29) is 11.8 Å². The van der Waals surface area contributed by atoms with Crippen molar-refractivity contribution in [2.75, 3.05) is 55.3 Å². The van der Waals surface area contributed by atoms with Gasteiger partial charge in [-0.25, -0.2) is 17.5 Å². The molecule has 10 nitrogen and oxygen atoms in total. The van der Waals surface area contributed by atoms with Gasteiger partial charge in [0.25, 0.3) is 0 Å². The maximum atomic E-state index is 15.4. The summed E-state index contributed by atoms with van der Waals surface area (Å²) < 4.78 is 42.9. The number of hydrogen-bond acceptors (Lipinski definition) is 8. The van der Waals surface area contributed by atoms with Crippen LogP contribution in [0.4, 0.5) is 33.2 Å². The number of hydrogen-bond donors (Lipinski definition) is 4. The van der Waals surface area contributed by atoms with Crippen LogP contribution in [-0.4, -0.2) is 68.0 Å². The van der Waals surface area contributed by atoms with Crippen molar-refractivity contribution in [2.45, 2.75) is 38.4 Å². The average Bonchev–Trinajstić information content (AvgIpc) is 3.65. The molecule has 2 aliphatic heterocycles. The number of benzene rings is 2. The predicted octanol–water partition coefficient (Wildman–Crippen LogP) is 5.51. The molecule has 4 aromatic rings. The lowest BCUT2D eigenvalue weighted by Gasteiger charge is -2.40. The first-order chi connectivity index (χ1) is 20.7. The highest BCUT2D eigenvalue weighted by molar-refractivity contribution is 7.89. The fourth-order valence-corrected chi connectivity index (χ4v) is 7.32. The number of H-pyrrole nitrogens is 1. The summed E-state index contributed by atoms with van der Waals surface area (Å²) in [6.45, 7) is 9.00. The lowest BCUT2D eigenvalue weighted by atomic mass is 9.77. The topological polar surface area (TPSA) is 118 Å². The first-order valence-electron chi connectivity index (χ1n) is 14.9. The number of nitrogens with zero attached hydrogens (tertiary/aromatic N) is 4.